The molecule has 4 nitrogen and oxygen atoms in total. The van der Waals surface area contributed by atoms with Crippen LogP contribution in [0.3, 0.4) is 0 Å². The minimum Gasteiger partial charge on any atom is -0.370 e. The standard InChI is InChI=1S/C15H24N4/c1-4-9-17-15-7-6-14(11-18-15)12-19(13(2)3)10-5-8-16/h6-7,11,13H,4-5,9-10,12H2,1-3H3,(H,17,18). The topological polar surface area (TPSA) is 52.0 Å². The largest absolute Gasteiger partial charge is 0.370 e. The summed E-state index contributed by atoms with van der Waals surface area (Å²) in [6, 6.07) is 6.77. The Kier molecular flexibility index (Phi) is 6.91. The number of hydrogen-bond acceptors (Lipinski definition) is 4. The minimum atomic E-state index is 0.436. The van der Waals surface area contributed by atoms with E-state index < -0.39 is 0 Å². The molecule has 104 valence electrons. The van der Waals surface area contributed by atoms with E-state index in [0.717, 1.165) is 31.9 Å². The van der Waals surface area contributed by atoms with Gasteiger partial charge in [0.05, 0.1) is 6.07 Å². The number of rotatable bonds is 8. The molecule has 1 N–H and O–H groups in total. The van der Waals surface area contributed by atoms with Crippen LogP contribution in [0.15, 0.2) is 18.3 Å². The third kappa shape index (κ3) is 5.71. The highest BCUT2D eigenvalue weighted by molar-refractivity contribution is 5.35. The predicted molar refractivity (Wildman–Crippen MR) is 78.8 cm³/mol. The van der Waals surface area contributed by atoms with Crippen molar-refractivity contribution in [2.75, 3.05) is 18.4 Å². The van der Waals surface area contributed by atoms with Crippen molar-refractivity contribution in [3.05, 3.63) is 23.9 Å². The molecule has 0 radical (unpaired) electrons. The van der Waals surface area contributed by atoms with Gasteiger partial charge in [-0.3, -0.25) is 4.90 Å². The van der Waals surface area contributed by atoms with Gasteiger partial charge >= 0.3 is 0 Å². The molecular formula is C15H24N4. The van der Waals surface area contributed by atoms with Crippen LogP contribution in [0.2, 0.25) is 0 Å². The van der Waals surface area contributed by atoms with Crippen molar-refractivity contribution < 1.29 is 0 Å². The summed E-state index contributed by atoms with van der Waals surface area (Å²) >= 11 is 0. The smallest absolute Gasteiger partial charge is 0.125 e. The second-order valence-electron chi connectivity index (χ2n) is 4.95. The van der Waals surface area contributed by atoms with E-state index in [-0.39, 0.29) is 0 Å². The minimum absolute atomic E-state index is 0.436. The molecule has 1 aromatic heterocycles. The van der Waals surface area contributed by atoms with Crippen LogP contribution in [-0.4, -0.2) is 29.0 Å². The maximum atomic E-state index is 8.68. The van der Waals surface area contributed by atoms with Gasteiger partial charge < -0.3 is 5.32 Å². The van der Waals surface area contributed by atoms with Crippen molar-refractivity contribution in [3.63, 3.8) is 0 Å². The van der Waals surface area contributed by atoms with E-state index in [1.165, 1.54) is 5.56 Å². The first kappa shape index (κ1) is 15.5. The van der Waals surface area contributed by atoms with Crippen molar-refractivity contribution in [1.29, 1.82) is 5.26 Å². The zero-order chi connectivity index (χ0) is 14.1. The van der Waals surface area contributed by atoms with Crippen LogP contribution >= 0.6 is 0 Å². The van der Waals surface area contributed by atoms with Crippen LogP contribution in [-0.2, 0) is 6.54 Å². The maximum Gasteiger partial charge on any atom is 0.125 e. The number of nitrogens with zero attached hydrogens (tertiary/aromatic N) is 3. The van der Waals surface area contributed by atoms with Gasteiger partial charge in [-0.05, 0) is 31.9 Å². The Morgan fingerprint density at radius 2 is 2.21 bits per heavy atom. The molecule has 1 aromatic rings. The van der Waals surface area contributed by atoms with Crippen LogP contribution < -0.4 is 5.32 Å². The number of aromatic nitrogens is 1. The molecule has 0 aliphatic rings. The van der Waals surface area contributed by atoms with E-state index in [4.69, 9.17) is 5.26 Å². The Hall–Kier alpha value is -1.60. The summed E-state index contributed by atoms with van der Waals surface area (Å²) < 4.78 is 0. The summed E-state index contributed by atoms with van der Waals surface area (Å²) in [5.41, 5.74) is 1.19. The SMILES string of the molecule is CCCNc1ccc(CN(CCC#N)C(C)C)cn1. The Morgan fingerprint density at radius 1 is 1.42 bits per heavy atom. The van der Waals surface area contributed by atoms with Gasteiger partial charge in [0, 0.05) is 38.3 Å². The molecule has 0 aromatic carbocycles. The van der Waals surface area contributed by atoms with Gasteiger partial charge in [-0.15, -0.1) is 0 Å². The molecular weight excluding hydrogens is 236 g/mol. The second-order valence-corrected chi connectivity index (χ2v) is 4.95. The monoisotopic (exact) mass is 260 g/mol. The highest BCUT2D eigenvalue weighted by Gasteiger charge is 2.09. The lowest BCUT2D eigenvalue weighted by Gasteiger charge is -2.25. The zero-order valence-electron chi connectivity index (χ0n) is 12.2. The first-order chi connectivity index (χ1) is 9.17. The highest BCUT2D eigenvalue weighted by atomic mass is 15.1. The van der Waals surface area contributed by atoms with Crippen LogP contribution in [0.1, 0.15) is 39.2 Å². The molecule has 4 heteroatoms. The van der Waals surface area contributed by atoms with Gasteiger partial charge in [0.25, 0.3) is 0 Å². The molecule has 0 unspecified atom stereocenters. The number of nitriles is 1. The quantitative estimate of drug-likeness (QED) is 0.780. The summed E-state index contributed by atoms with van der Waals surface area (Å²) in [7, 11) is 0. The Morgan fingerprint density at radius 3 is 2.74 bits per heavy atom. The Labute approximate surface area is 116 Å². The molecule has 0 amide bonds. The number of nitrogens with one attached hydrogen (secondary N) is 1. The van der Waals surface area contributed by atoms with E-state index in [1.54, 1.807) is 0 Å². The lowest BCUT2D eigenvalue weighted by molar-refractivity contribution is 0.217. The average molecular weight is 260 g/mol. The fourth-order valence-electron chi connectivity index (χ4n) is 1.82. The predicted octanol–water partition coefficient (Wildman–Crippen LogP) is 3.03. The molecule has 0 atom stereocenters. The van der Waals surface area contributed by atoms with Crippen molar-refractivity contribution >= 4 is 5.82 Å². The fourth-order valence-corrected chi connectivity index (χ4v) is 1.82. The van der Waals surface area contributed by atoms with Crippen molar-refractivity contribution in [1.82, 2.24) is 9.88 Å². The van der Waals surface area contributed by atoms with Crippen molar-refractivity contribution in [3.8, 4) is 6.07 Å². The molecule has 0 bridgehead atoms. The van der Waals surface area contributed by atoms with E-state index in [0.29, 0.717) is 12.5 Å². The van der Waals surface area contributed by atoms with Gasteiger partial charge in [-0.1, -0.05) is 13.0 Å². The van der Waals surface area contributed by atoms with Crippen LogP contribution in [0.4, 0.5) is 5.82 Å². The van der Waals surface area contributed by atoms with Gasteiger partial charge in [0.15, 0.2) is 0 Å². The van der Waals surface area contributed by atoms with Crippen LogP contribution in [0.5, 0.6) is 0 Å². The third-order valence-corrected chi connectivity index (χ3v) is 3.01. The molecule has 1 heterocycles. The normalized spacial score (nSPS) is 10.7. The van der Waals surface area contributed by atoms with E-state index in [1.807, 2.05) is 12.3 Å². The second kappa shape index (κ2) is 8.49. The first-order valence-corrected chi connectivity index (χ1v) is 6.97. The lowest BCUT2D eigenvalue weighted by atomic mass is 10.2. The summed E-state index contributed by atoms with van der Waals surface area (Å²) in [6.07, 6.45) is 3.58. The Balaban J connectivity index is 2.57. The number of anilines is 1. The summed E-state index contributed by atoms with van der Waals surface area (Å²) in [5, 5.41) is 11.9. The van der Waals surface area contributed by atoms with E-state index in [2.05, 4.69) is 48.1 Å². The molecule has 1 rings (SSSR count). The molecule has 0 fully saturated rings. The summed E-state index contributed by atoms with van der Waals surface area (Å²) in [4.78, 5) is 6.70. The lowest BCUT2D eigenvalue weighted by Crippen LogP contribution is -2.31. The van der Waals surface area contributed by atoms with Gasteiger partial charge in [0.2, 0.25) is 0 Å². The van der Waals surface area contributed by atoms with Crippen molar-refractivity contribution in [2.24, 2.45) is 0 Å². The van der Waals surface area contributed by atoms with Gasteiger partial charge in [-0.2, -0.15) is 5.26 Å². The summed E-state index contributed by atoms with van der Waals surface area (Å²) in [6.45, 7) is 9.05. The molecule has 0 aliphatic heterocycles. The van der Waals surface area contributed by atoms with Gasteiger partial charge in [-0.25, -0.2) is 4.98 Å². The molecule has 0 saturated heterocycles. The molecule has 19 heavy (non-hydrogen) atoms. The van der Waals surface area contributed by atoms with E-state index >= 15 is 0 Å². The van der Waals surface area contributed by atoms with Crippen molar-refractivity contribution in [2.45, 2.75) is 46.2 Å². The zero-order valence-corrected chi connectivity index (χ0v) is 12.2. The van der Waals surface area contributed by atoms with Gasteiger partial charge in [0.1, 0.15) is 5.82 Å². The Bertz CT molecular complexity index is 392. The molecule has 0 saturated carbocycles. The molecule has 0 spiro atoms. The number of hydrogen-bond donors (Lipinski definition) is 1. The van der Waals surface area contributed by atoms with Crippen LogP contribution in [0.25, 0.3) is 0 Å². The fraction of sp³-hybridized carbons (Fsp3) is 0.600. The van der Waals surface area contributed by atoms with E-state index in [9.17, 15) is 0 Å². The van der Waals surface area contributed by atoms with Crippen LogP contribution in [0, 0.1) is 11.3 Å². The highest BCUT2D eigenvalue weighted by Crippen LogP contribution is 2.10. The summed E-state index contributed by atoms with van der Waals surface area (Å²) in [5.74, 6) is 0.929. The maximum absolute atomic E-state index is 8.68. The first-order valence-electron chi connectivity index (χ1n) is 6.97. The molecule has 0 aliphatic carbocycles. The third-order valence-electron chi connectivity index (χ3n) is 3.01. The number of pyridine rings is 1. The average Bonchev–Trinajstić information content (AvgIpc) is 2.42.